The number of nitrogens with zero attached hydrogens (tertiary/aromatic N) is 2. The van der Waals surface area contributed by atoms with E-state index in [1.54, 1.807) is 42.3 Å². The Balaban J connectivity index is 1.57. The summed E-state index contributed by atoms with van der Waals surface area (Å²) in [6.07, 6.45) is 2.32. The highest BCUT2D eigenvalue weighted by atomic mass is 16.5. The molecule has 0 spiro atoms. The van der Waals surface area contributed by atoms with Crippen LogP contribution in [0.15, 0.2) is 72.8 Å². The van der Waals surface area contributed by atoms with E-state index in [-0.39, 0.29) is 30.6 Å². The molecule has 1 aliphatic heterocycles. The first-order chi connectivity index (χ1) is 22.7. The van der Waals surface area contributed by atoms with Crippen molar-refractivity contribution in [1.29, 1.82) is 0 Å². The van der Waals surface area contributed by atoms with E-state index in [1.165, 1.54) is 5.56 Å². The number of fused-ring (bicyclic) bond motifs is 1. The molecule has 3 aromatic rings. The van der Waals surface area contributed by atoms with Crippen LogP contribution in [0.5, 0.6) is 11.5 Å². The third kappa shape index (κ3) is 10.7. The van der Waals surface area contributed by atoms with Crippen LogP contribution in [0.3, 0.4) is 0 Å². The summed E-state index contributed by atoms with van der Waals surface area (Å²) >= 11 is 0. The number of methoxy groups -OCH3 is 1. The van der Waals surface area contributed by atoms with Gasteiger partial charge in [-0.2, -0.15) is 0 Å². The van der Waals surface area contributed by atoms with Crippen LogP contribution in [-0.2, 0) is 11.3 Å². The van der Waals surface area contributed by atoms with Gasteiger partial charge in [0.05, 0.1) is 37.5 Å². The van der Waals surface area contributed by atoms with Gasteiger partial charge in [0.1, 0.15) is 11.5 Å². The van der Waals surface area contributed by atoms with Crippen molar-refractivity contribution in [2.75, 3.05) is 51.1 Å². The molecule has 3 amide bonds. The molecule has 254 valence electrons. The van der Waals surface area contributed by atoms with Crippen LogP contribution >= 0.6 is 0 Å². The van der Waals surface area contributed by atoms with Crippen LogP contribution in [0.1, 0.15) is 56.0 Å². The van der Waals surface area contributed by atoms with E-state index in [1.807, 2.05) is 44.2 Å². The number of anilines is 2. The summed E-state index contributed by atoms with van der Waals surface area (Å²) in [4.78, 5) is 31.1. The summed E-state index contributed by atoms with van der Waals surface area (Å²) < 4.78 is 18.1. The third-order valence-corrected chi connectivity index (χ3v) is 8.44. The van der Waals surface area contributed by atoms with Crippen LogP contribution in [0.25, 0.3) is 0 Å². The van der Waals surface area contributed by atoms with Gasteiger partial charge in [0.2, 0.25) is 0 Å². The number of rotatable bonds is 9. The Morgan fingerprint density at radius 3 is 2.47 bits per heavy atom. The lowest BCUT2D eigenvalue weighted by Gasteiger charge is -2.36. The Kier molecular flexibility index (Phi) is 13.5. The van der Waals surface area contributed by atoms with Crippen molar-refractivity contribution < 1.29 is 28.9 Å². The van der Waals surface area contributed by atoms with Crippen molar-refractivity contribution >= 4 is 23.3 Å². The lowest BCUT2D eigenvalue weighted by molar-refractivity contribution is -0.0177. The van der Waals surface area contributed by atoms with Gasteiger partial charge < -0.3 is 34.9 Å². The zero-order valence-corrected chi connectivity index (χ0v) is 28.3. The van der Waals surface area contributed by atoms with Gasteiger partial charge in [-0.25, -0.2) is 4.79 Å². The Bertz CT molecular complexity index is 1420. The van der Waals surface area contributed by atoms with Gasteiger partial charge in [0.15, 0.2) is 0 Å². The fraction of sp³-hybridized carbons (Fsp3) is 0.459. The number of likely N-dealkylation sites (N-methyl/N-ethyl adjacent to an activating group) is 1. The number of urea groups is 1. The van der Waals surface area contributed by atoms with E-state index in [9.17, 15) is 14.7 Å². The predicted octanol–water partition coefficient (Wildman–Crippen LogP) is 6.27. The van der Waals surface area contributed by atoms with E-state index >= 15 is 0 Å². The fourth-order valence-electron chi connectivity index (χ4n) is 5.69. The first-order valence-electron chi connectivity index (χ1n) is 16.5. The molecular formula is C37H50N4O6. The number of hydrogen-bond donors (Lipinski definition) is 3. The van der Waals surface area contributed by atoms with Crippen LogP contribution < -0.4 is 20.1 Å². The fourth-order valence-corrected chi connectivity index (χ4v) is 5.69. The average Bonchev–Trinajstić information content (AvgIpc) is 3.06. The minimum absolute atomic E-state index is 0.0459. The van der Waals surface area contributed by atoms with Crippen molar-refractivity contribution in [2.45, 2.75) is 64.8 Å². The Morgan fingerprint density at radius 1 is 1.04 bits per heavy atom. The van der Waals surface area contributed by atoms with Crippen molar-refractivity contribution in [3.63, 3.8) is 0 Å². The number of amides is 3. The Hall–Kier alpha value is -4.12. The number of nitrogens with one attached hydrogen (secondary N) is 2. The third-order valence-electron chi connectivity index (χ3n) is 8.44. The van der Waals surface area contributed by atoms with E-state index in [0.717, 1.165) is 31.6 Å². The van der Waals surface area contributed by atoms with Gasteiger partial charge in [-0.15, -0.1) is 0 Å². The van der Waals surface area contributed by atoms with Crippen LogP contribution in [-0.4, -0.2) is 85.6 Å². The lowest BCUT2D eigenvalue weighted by Crippen LogP contribution is -2.47. The molecule has 0 aromatic heterocycles. The molecule has 4 atom stereocenters. The second-order valence-electron chi connectivity index (χ2n) is 12.5. The van der Waals surface area contributed by atoms with Crippen molar-refractivity contribution in [3.8, 4) is 11.5 Å². The molecule has 1 aliphatic rings. The molecule has 47 heavy (non-hydrogen) atoms. The summed E-state index contributed by atoms with van der Waals surface area (Å²) in [5.41, 5.74) is 2.60. The summed E-state index contributed by atoms with van der Waals surface area (Å²) in [5, 5.41) is 15.9. The van der Waals surface area contributed by atoms with Crippen molar-refractivity contribution in [3.05, 3.63) is 83.9 Å². The molecular weight excluding hydrogens is 596 g/mol. The van der Waals surface area contributed by atoms with Crippen LogP contribution in [0.4, 0.5) is 16.2 Å². The van der Waals surface area contributed by atoms with Gasteiger partial charge >= 0.3 is 6.03 Å². The first-order valence-corrected chi connectivity index (χ1v) is 16.5. The molecule has 10 heteroatoms. The molecule has 10 nitrogen and oxygen atoms in total. The van der Waals surface area contributed by atoms with Crippen LogP contribution in [0.2, 0.25) is 0 Å². The molecule has 0 fully saturated rings. The van der Waals surface area contributed by atoms with Gasteiger partial charge in [-0.3, -0.25) is 9.69 Å². The highest BCUT2D eigenvalue weighted by Gasteiger charge is 2.30. The molecule has 3 N–H and O–H groups in total. The highest BCUT2D eigenvalue weighted by molar-refractivity contribution is 6.02. The molecule has 1 heterocycles. The number of hydrogen-bond acceptors (Lipinski definition) is 7. The number of benzene rings is 3. The largest absolute Gasteiger partial charge is 0.497 e. The highest BCUT2D eigenvalue weighted by Crippen LogP contribution is 2.29. The number of ether oxygens (including phenoxy) is 3. The monoisotopic (exact) mass is 646 g/mol. The summed E-state index contributed by atoms with van der Waals surface area (Å²) in [7, 11) is 3.73. The molecule has 0 bridgehead atoms. The van der Waals surface area contributed by atoms with Gasteiger partial charge in [-0.05, 0) is 88.2 Å². The number of carbonyl (C=O) groups is 2. The van der Waals surface area contributed by atoms with Gasteiger partial charge in [-0.1, -0.05) is 37.3 Å². The average molecular weight is 647 g/mol. The Morgan fingerprint density at radius 2 is 1.77 bits per heavy atom. The smallest absolute Gasteiger partial charge is 0.323 e. The normalized spacial score (nSPS) is 20.0. The predicted molar refractivity (Wildman–Crippen MR) is 185 cm³/mol. The zero-order valence-electron chi connectivity index (χ0n) is 28.3. The minimum atomic E-state index is -0.459. The second kappa shape index (κ2) is 17.7. The molecule has 3 aromatic carbocycles. The van der Waals surface area contributed by atoms with E-state index in [4.69, 9.17) is 14.2 Å². The topological polar surface area (TPSA) is 113 Å². The second-order valence-corrected chi connectivity index (χ2v) is 12.5. The maximum Gasteiger partial charge on any atom is 0.323 e. The summed E-state index contributed by atoms with van der Waals surface area (Å²) in [5.74, 6) is 0.941. The summed E-state index contributed by atoms with van der Waals surface area (Å²) in [6.45, 7) is 8.09. The quantitative estimate of drug-likeness (QED) is 0.251. The van der Waals surface area contributed by atoms with E-state index in [2.05, 4.69) is 41.6 Å². The number of para-hydroxylation sites is 1. The molecule has 0 unspecified atom stereocenters. The van der Waals surface area contributed by atoms with Gasteiger partial charge in [0.25, 0.3) is 5.91 Å². The van der Waals surface area contributed by atoms with E-state index < -0.39 is 12.1 Å². The van der Waals surface area contributed by atoms with Crippen LogP contribution in [0, 0.1) is 5.92 Å². The van der Waals surface area contributed by atoms with Crippen molar-refractivity contribution in [1.82, 2.24) is 9.80 Å². The SMILES string of the molecule is COc1ccc(CN(C)C[C@H]2OCCCC[C@H](C)Oc3ccc(NC(=O)Nc4ccccc4)cc3C(=O)N([C@@H](C)CO)C[C@H]2C)cc1. The molecule has 4 rings (SSSR count). The van der Waals surface area contributed by atoms with Gasteiger partial charge in [0, 0.05) is 43.5 Å². The van der Waals surface area contributed by atoms with Crippen molar-refractivity contribution in [2.24, 2.45) is 5.92 Å². The molecule has 0 saturated heterocycles. The minimum Gasteiger partial charge on any atom is -0.497 e. The lowest BCUT2D eigenvalue weighted by atomic mass is 10.0. The maximum absolute atomic E-state index is 14.4. The zero-order chi connectivity index (χ0) is 33.8. The first kappa shape index (κ1) is 35.7. The molecule has 0 aliphatic carbocycles. The number of carbonyl (C=O) groups excluding carboxylic acids is 2. The standard InChI is InChI=1S/C37H50N4O6/c1-26-22-41(27(2)25-42)36(43)33-21-31(39-37(44)38-30-12-7-6-8-13-30)16-19-34(33)47-28(3)11-9-10-20-46-35(26)24-40(4)23-29-14-17-32(45-5)18-15-29/h6-8,12-19,21,26-28,35,42H,9-11,20,22-25H2,1-5H3,(H2,38,39,44)/t26-,27+,28+,35-/m1/s1. The molecule has 0 radical (unpaired) electrons. The number of aliphatic hydroxyl groups is 1. The molecule has 0 saturated carbocycles. The maximum atomic E-state index is 14.4. The number of aliphatic hydroxyl groups excluding tert-OH is 1. The Labute approximate surface area is 279 Å². The van der Waals surface area contributed by atoms with E-state index in [0.29, 0.717) is 42.4 Å². The summed E-state index contributed by atoms with van der Waals surface area (Å²) in [6, 6.07) is 21.4.